The molecule has 0 atom stereocenters. The van der Waals surface area contributed by atoms with E-state index in [1.54, 1.807) is 30.3 Å². The normalized spacial score (nSPS) is 11.1. The van der Waals surface area contributed by atoms with Crippen LogP contribution in [0.1, 0.15) is 15.9 Å². The van der Waals surface area contributed by atoms with E-state index in [1.807, 2.05) is 18.2 Å². The van der Waals surface area contributed by atoms with Crippen LogP contribution < -0.4 is 14.8 Å². The zero-order valence-electron chi connectivity index (χ0n) is 15.6. The quantitative estimate of drug-likeness (QED) is 0.458. The van der Waals surface area contributed by atoms with Crippen LogP contribution in [0.25, 0.3) is 0 Å². The van der Waals surface area contributed by atoms with E-state index in [1.165, 1.54) is 6.07 Å². The lowest BCUT2D eigenvalue weighted by Gasteiger charge is -2.14. The third-order valence-corrected chi connectivity index (χ3v) is 4.36. The zero-order chi connectivity index (χ0) is 21.6. The first-order valence-electron chi connectivity index (χ1n) is 8.92. The maximum atomic E-state index is 12.9. The van der Waals surface area contributed by atoms with Gasteiger partial charge in [0.1, 0.15) is 24.7 Å². The summed E-state index contributed by atoms with van der Waals surface area (Å²) in [4.78, 5) is 12.6. The van der Waals surface area contributed by atoms with Crippen LogP contribution in [-0.2, 0) is 6.18 Å². The fourth-order valence-corrected chi connectivity index (χ4v) is 2.76. The Morgan fingerprint density at radius 1 is 0.900 bits per heavy atom. The molecule has 0 saturated heterocycles. The fraction of sp³-hybridized carbons (Fsp3) is 0.136. The molecule has 30 heavy (non-hydrogen) atoms. The Morgan fingerprint density at radius 3 is 2.30 bits per heavy atom. The van der Waals surface area contributed by atoms with Crippen LogP contribution in [0.4, 0.5) is 18.9 Å². The minimum absolute atomic E-state index is 0.00832. The second kappa shape index (κ2) is 9.54. The highest BCUT2D eigenvalue weighted by Gasteiger charge is 2.31. The highest BCUT2D eigenvalue weighted by molar-refractivity contribution is 6.34. The van der Waals surface area contributed by atoms with Gasteiger partial charge >= 0.3 is 6.18 Å². The van der Waals surface area contributed by atoms with E-state index in [9.17, 15) is 18.0 Å². The summed E-state index contributed by atoms with van der Waals surface area (Å²) in [6, 6.07) is 18.3. The van der Waals surface area contributed by atoms with Crippen molar-refractivity contribution in [1.82, 2.24) is 0 Å². The molecule has 1 N–H and O–H groups in total. The minimum Gasteiger partial charge on any atom is -0.490 e. The van der Waals surface area contributed by atoms with Gasteiger partial charge in [-0.1, -0.05) is 41.9 Å². The van der Waals surface area contributed by atoms with Crippen LogP contribution in [0.5, 0.6) is 11.5 Å². The van der Waals surface area contributed by atoms with Crippen LogP contribution in [0.2, 0.25) is 5.02 Å². The van der Waals surface area contributed by atoms with Gasteiger partial charge < -0.3 is 14.8 Å². The summed E-state index contributed by atoms with van der Waals surface area (Å²) in [7, 11) is 0. The Morgan fingerprint density at radius 2 is 1.57 bits per heavy atom. The first-order valence-corrected chi connectivity index (χ1v) is 9.30. The number of nitrogens with one attached hydrogen (secondary N) is 1. The number of ether oxygens (including phenoxy) is 2. The van der Waals surface area contributed by atoms with Crippen molar-refractivity contribution >= 4 is 23.2 Å². The lowest BCUT2D eigenvalue weighted by atomic mass is 10.1. The monoisotopic (exact) mass is 435 g/mol. The van der Waals surface area contributed by atoms with Crippen LogP contribution >= 0.6 is 11.6 Å². The molecular weight excluding hydrogens is 419 g/mol. The second-order valence-electron chi connectivity index (χ2n) is 6.15. The van der Waals surface area contributed by atoms with Crippen LogP contribution in [0, 0.1) is 0 Å². The molecule has 3 rings (SSSR count). The van der Waals surface area contributed by atoms with Gasteiger partial charge in [0.2, 0.25) is 0 Å². The van der Waals surface area contributed by atoms with Crippen molar-refractivity contribution in [2.45, 2.75) is 6.18 Å². The van der Waals surface area contributed by atoms with Crippen LogP contribution in [0.15, 0.2) is 72.8 Å². The average molecular weight is 436 g/mol. The fourth-order valence-electron chi connectivity index (χ4n) is 2.59. The Labute approximate surface area is 176 Å². The van der Waals surface area contributed by atoms with E-state index in [4.69, 9.17) is 21.1 Å². The van der Waals surface area contributed by atoms with E-state index in [0.717, 1.165) is 18.2 Å². The second-order valence-corrected chi connectivity index (χ2v) is 6.56. The molecule has 0 heterocycles. The van der Waals surface area contributed by atoms with Crippen molar-refractivity contribution in [3.05, 3.63) is 88.9 Å². The van der Waals surface area contributed by atoms with Gasteiger partial charge in [-0.25, -0.2) is 0 Å². The third-order valence-electron chi connectivity index (χ3n) is 4.03. The van der Waals surface area contributed by atoms with Gasteiger partial charge in [0.15, 0.2) is 0 Å². The number of carbonyl (C=O) groups excluding carboxylic acids is 1. The van der Waals surface area contributed by atoms with Crippen molar-refractivity contribution in [1.29, 1.82) is 0 Å². The number of amides is 1. The molecular formula is C22H17ClF3NO3. The summed E-state index contributed by atoms with van der Waals surface area (Å²) in [5, 5.41) is 2.41. The van der Waals surface area contributed by atoms with Gasteiger partial charge in [0.05, 0.1) is 21.8 Å². The first kappa shape index (κ1) is 21.5. The molecule has 156 valence electrons. The van der Waals surface area contributed by atoms with Gasteiger partial charge in [-0.05, 0) is 42.5 Å². The highest BCUT2D eigenvalue weighted by atomic mass is 35.5. The number of hydrogen-bond donors (Lipinski definition) is 1. The summed E-state index contributed by atoms with van der Waals surface area (Å²) in [6.07, 6.45) is -4.55. The maximum Gasteiger partial charge on any atom is 0.416 e. The number of rotatable bonds is 7. The number of para-hydroxylation sites is 2. The molecule has 3 aromatic rings. The Hall–Kier alpha value is -3.19. The third kappa shape index (κ3) is 5.67. The van der Waals surface area contributed by atoms with Crippen molar-refractivity contribution < 1.29 is 27.4 Å². The Kier molecular flexibility index (Phi) is 6.84. The number of hydrogen-bond acceptors (Lipinski definition) is 3. The first-order chi connectivity index (χ1) is 14.3. The lowest BCUT2D eigenvalue weighted by molar-refractivity contribution is -0.137. The standard InChI is InChI=1S/C22H17ClF3NO3/c23-18-11-10-15(22(24,25)26)14-19(18)27-21(28)17-8-4-5-9-20(17)30-13-12-29-16-6-2-1-3-7-16/h1-11,14H,12-13H2,(H,27,28). The topological polar surface area (TPSA) is 47.6 Å². The van der Waals surface area contributed by atoms with Crippen molar-refractivity contribution in [2.75, 3.05) is 18.5 Å². The Bertz CT molecular complexity index is 1010. The van der Waals surface area contributed by atoms with Crippen molar-refractivity contribution in [2.24, 2.45) is 0 Å². The number of benzene rings is 3. The molecule has 0 saturated carbocycles. The molecule has 0 spiro atoms. The highest BCUT2D eigenvalue weighted by Crippen LogP contribution is 2.34. The molecule has 0 fully saturated rings. The maximum absolute atomic E-state index is 12.9. The number of anilines is 1. The summed E-state index contributed by atoms with van der Waals surface area (Å²) >= 11 is 5.95. The van der Waals surface area contributed by atoms with E-state index >= 15 is 0 Å². The van der Waals surface area contributed by atoms with Crippen molar-refractivity contribution in [3.63, 3.8) is 0 Å². The molecule has 0 aliphatic heterocycles. The summed E-state index contributed by atoms with van der Waals surface area (Å²) < 4.78 is 50.0. The molecule has 0 aromatic heterocycles. The van der Waals surface area contributed by atoms with E-state index in [2.05, 4.69) is 5.32 Å². The molecule has 4 nitrogen and oxygen atoms in total. The average Bonchev–Trinajstić information content (AvgIpc) is 2.73. The molecule has 0 aliphatic carbocycles. The number of carbonyl (C=O) groups is 1. The smallest absolute Gasteiger partial charge is 0.416 e. The SMILES string of the molecule is O=C(Nc1cc(C(F)(F)F)ccc1Cl)c1ccccc1OCCOc1ccccc1. The molecule has 8 heteroatoms. The van der Waals surface area contributed by atoms with Gasteiger partial charge in [0, 0.05) is 0 Å². The molecule has 0 unspecified atom stereocenters. The molecule has 3 aromatic carbocycles. The van der Waals surface area contributed by atoms with E-state index in [-0.39, 0.29) is 35.2 Å². The Balaban J connectivity index is 1.67. The molecule has 0 aliphatic rings. The predicted octanol–water partition coefficient (Wildman–Crippen LogP) is 6.07. The van der Waals surface area contributed by atoms with Crippen LogP contribution in [-0.4, -0.2) is 19.1 Å². The van der Waals surface area contributed by atoms with Crippen molar-refractivity contribution in [3.8, 4) is 11.5 Å². The lowest BCUT2D eigenvalue weighted by Crippen LogP contribution is -2.16. The zero-order valence-corrected chi connectivity index (χ0v) is 16.3. The molecule has 0 radical (unpaired) electrons. The predicted molar refractivity (Wildman–Crippen MR) is 108 cm³/mol. The summed E-state index contributed by atoms with van der Waals surface area (Å²) in [5.74, 6) is 0.317. The van der Waals surface area contributed by atoms with E-state index in [0.29, 0.717) is 5.75 Å². The number of alkyl halides is 3. The van der Waals surface area contributed by atoms with E-state index < -0.39 is 17.6 Å². The number of halogens is 4. The van der Waals surface area contributed by atoms with Gasteiger partial charge in [-0.2, -0.15) is 13.2 Å². The largest absolute Gasteiger partial charge is 0.490 e. The van der Waals surface area contributed by atoms with Crippen LogP contribution in [0.3, 0.4) is 0 Å². The van der Waals surface area contributed by atoms with Gasteiger partial charge in [-0.3, -0.25) is 4.79 Å². The van der Waals surface area contributed by atoms with Gasteiger partial charge in [0.25, 0.3) is 5.91 Å². The van der Waals surface area contributed by atoms with Gasteiger partial charge in [-0.15, -0.1) is 0 Å². The minimum atomic E-state index is -4.55. The molecule has 1 amide bonds. The summed E-state index contributed by atoms with van der Waals surface area (Å²) in [5.41, 5.74) is -0.894. The summed E-state index contributed by atoms with van der Waals surface area (Å²) in [6.45, 7) is 0.420. The molecule has 0 bridgehead atoms.